The molecule has 5 nitrogen and oxygen atoms in total. The zero-order valence-electron chi connectivity index (χ0n) is 12.1. The van der Waals surface area contributed by atoms with Crippen molar-refractivity contribution < 1.29 is 9.59 Å². The van der Waals surface area contributed by atoms with Gasteiger partial charge in [-0.05, 0) is 25.5 Å². The lowest BCUT2D eigenvalue weighted by Gasteiger charge is -2.36. The van der Waals surface area contributed by atoms with Gasteiger partial charge >= 0.3 is 0 Å². The predicted molar refractivity (Wildman–Crippen MR) is 79.4 cm³/mol. The van der Waals surface area contributed by atoms with Crippen molar-refractivity contribution in [2.45, 2.75) is 25.9 Å². The zero-order valence-corrected chi connectivity index (χ0v) is 12.1. The van der Waals surface area contributed by atoms with E-state index in [4.69, 9.17) is 0 Å². The van der Waals surface area contributed by atoms with Crippen LogP contribution in [-0.4, -0.2) is 33.8 Å². The number of nitrogens with one attached hydrogen (secondary N) is 1. The van der Waals surface area contributed by atoms with Crippen molar-refractivity contribution in [3.8, 4) is 0 Å². The summed E-state index contributed by atoms with van der Waals surface area (Å²) in [6.45, 7) is 4.01. The van der Waals surface area contributed by atoms with Gasteiger partial charge in [-0.1, -0.05) is 24.3 Å². The molecule has 1 fully saturated rings. The van der Waals surface area contributed by atoms with Crippen LogP contribution in [0.3, 0.4) is 0 Å². The van der Waals surface area contributed by atoms with Gasteiger partial charge in [0.05, 0.1) is 24.1 Å². The standard InChI is InChI=1S/C16H17N3O2/c1-16(2)15(21)19(13(20)9-18-16)10-12-6-3-5-11-7-4-8-17-14(11)12/h3-8,18H,9-10H2,1-2H3. The van der Waals surface area contributed by atoms with E-state index in [0.717, 1.165) is 16.5 Å². The summed E-state index contributed by atoms with van der Waals surface area (Å²) in [4.78, 5) is 30.2. The maximum absolute atomic E-state index is 12.4. The molecule has 1 saturated heterocycles. The third kappa shape index (κ3) is 2.40. The van der Waals surface area contributed by atoms with E-state index in [-0.39, 0.29) is 24.9 Å². The molecule has 1 aliphatic rings. The van der Waals surface area contributed by atoms with E-state index in [9.17, 15) is 9.59 Å². The molecule has 1 aromatic heterocycles. The first kappa shape index (κ1) is 13.7. The number of para-hydroxylation sites is 1. The molecule has 1 aromatic carbocycles. The van der Waals surface area contributed by atoms with Crippen molar-refractivity contribution in [2.75, 3.05) is 6.54 Å². The molecule has 0 spiro atoms. The van der Waals surface area contributed by atoms with Gasteiger partial charge in [-0.3, -0.25) is 24.8 Å². The Morgan fingerprint density at radius 3 is 2.81 bits per heavy atom. The summed E-state index contributed by atoms with van der Waals surface area (Å²) in [5.74, 6) is -0.404. The van der Waals surface area contributed by atoms with Crippen LogP contribution < -0.4 is 5.32 Å². The Morgan fingerprint density at radius 2 is 2.00 bits per heavy atom. The Hall–Kier alpha value is -2.27. The van der Waals surface area contributed by atoms with Gasteiger partial charge in [0.1, 0.15) is 0 Å². The highest BCUT2D eigenvalue weighted by Gasteiger charge is 2.39. The Bertz CT molecular complexity index is 719. The Kier molecular flexibility index (Phi) is 3.22. The van der Waals surface area contributed by atoms with Crippen LogP contribution in [0.15, 0.2) is 36.5 Å². The quantitative estimate of drug-likeness (QED) is 0.848. The van der Waals surface area contributed by atoms with Gasteiger partial charge in [-0.25, -0.2) is 0 Å². The number of aromatic nitrogens is 1. The molecule has 5 heteroatoms. The number of hydrogen-bond acceptors (Lipinski definition) is 4. The van der Waals surface area contributed by atoms with E-state index in [1.165, 1.54) is 4.90 Å². The van der Waals surface area contributed by atoms with E-state index < -0.39 is 5.54 Å². The van der Waals surface area contributed by atoms with Gasteiger partial charge in [-0.2, -0.15) is 0 Å². The molecular formula is C16H17N3O2. The number of nitrogens with zero attached hydrogens (tertiary/aromatic N) is 2. The molecular weight excluding hydrogens is 266 g/mol. The minimum Gasteiger partial charge on any atom is -0.295 e. The second-order valence-electron chi connectivity index (χ2n) is 5.76. The minimum atomic E-state index is -0.716. The normalized spacial score (nSPS) is 18.3. The number of piperazine rings is 1. The number of pyridine rings is 1. The van der Waals surface area contributed by atoms with Crippen molar-refractivity contribution in [1.82, 2.24) is 15.2 Å². The van der Waals surface area contributed by atoms with Crippen LogP contribution in [0.25, 0.3) is 10.9 Å². The van der Waals surface area contributed by atoms with Crippen molar-refractivity contribution in [2.24, 2.45) is 0 Å². The molecule has 0 bridgehead atoms. The van der Waals surface area contributed by atoms with Crippen molar-refractivity contribution in [1.29, 1.82) is 0 Å². The number of hydrogen-bond donors (Lipinski definition) is 1. The van der Waals surface area contributed by atoms with Crippen LogP contribution >= 0.6 is 0 Å². The highest BCUT2D eigenvalue weighted by atomic mass is 16.2. The highest BCUT2D eigenvalue weighted by molar-refractivity contribution is 6.03. The van der Waals surface area contributed by atoms with Crippen LogP contribution in [-0.2, 0) is 16.1 Å². The van der Waals surface area contributed by atoms with Crippen LogP contribution in [0.2, 0.25) is 0 Å². The summed E-state index contributed by atoms with van der Waals surface area (Å²) in [5, 5.41) is 3.96. The van der Waals surface area contributed by atoms with Crippen molar-refractivity contribution >= 4 is 22.7 Å². The number of carbonyl (C=O) groups excluding carboxylic acids is 2. The first-order valence-electron chi connectivity index (χ1n) is 6.91. The molecule has 0 saturated carbocycles. The van der Waals surface area contributed by atoms with Gasteiger partial charge < -0.3 is 0 Å². The minimum absolute atomic E-state index is 0.178. The Labute approximate surface area is 123 Å². The fraction of sp³-hybridized carbons (Fsp3) is 0.312. The lowest BCUT2D eigenvalue weighted by molar-refractivity contribution is -0.153. The van der Waals surface area contributed by atoms with Crippen LogP contribution in [0.4, 0.5) is 0 Å². The molecule has 0 atom stereocenters. The van der Waals surface area contributed by atoms with Crippen LogP contribution in [0, 0.1) is 0 Å². The van der Waals surface area contributed by atoms with Gasteiger partial charge in [-0.15, -0.1) is 0 Å². The summed E-state index contributed by atoms with van der Waals surface area (Å²) in [7, 11) is 0. The maximum atomic E-state index is 12.4. The number of benzene rings is 1. The summed E-state index contributed by atoms with van der Waals surface area (Å²) in [6, 6.07) is 9.64. The van der Waals surface area contributed by atoms with E-state index in [1.807, 2.05) is 30.3 Å². The molecule has 0 radical (unpaired) electrons. The largest absolute Gasteiger partial charge is 0.295 e. The maximum Gasteiger partial charge on any atom is 0.249 e. The van der Waals surface area contributed by atoms with Crippen LogP contribution in [0.5, 0.6) is 0 Å². The summed E-state index contributed by atoms with van der Waals surface area (Å²) in [5.41, 5.74) is 0.996. The fourth-order valence-electron chi connectivity index (χ4n) is 2.54. The molecule has 1 N–H and O–H groups in total. The number of fused-ring (bicyclic) bond motifs is 1. The number of imide groups is 1. The molecule has 108 valence electrons. The van der Waals surface area contributed by atoms with Gasteiger partial charge in [0.2, 0.25) is 11.8 Å². The monoisotopic (exact) mass is 283 g/mol. The third-order valence-electron chi connectivity index (χ3n) is 3.81. The summed E-state index contributed by atoms with van der Waals surface area (Å²) in [6.07, 6.45) is 1.72. The van der Waals surface area contributed by atoms with Gasteiger partial charge in [0.25, 0.3) is 0 Å². The highest BCUT2D eigenvalue weighted by Crippen LogP contribution is 2.21. The van der Waals surface area contributed by atoms with E-state index >= 15 is 0 Å². The summed E-state index contributed by atoms with van der Waals surface area (Å²) < 4.78 is 0. The second-order valence-corrected chi connectivity index (χ2v) is 5.76. The fourth-order valence-corrected chi connectivity index (χ4v) is 2.54. The average Bonchev–Trinajstić information content (AvgIpc) is 2.48. The number of carbonyl (C=O) groups is 2. The molecule has 3 rings (SSSR count). The average molecular weight is 283 g/mol. The first-order valence-corrected chi connectivity index (χ1v) is 6.91. The SMILES string of the molecule is CC1(C)NCC(=O)N(Cc2cccc3cccnc23)C1=O. The zero-order chi connectivity index (χ0) is 15.0. The Morgan fingerprint density at radius 1 is 1.24 bits per heavy atom. The predicted octanol–water partition coefficient (Wildman–Crippen LogP) is 1.47. The third-order valence-corrected chi connectivity index (χ3v) is 3.81. The first-order chi connectivity index (χ1) is 9.99. The number of amides is 2. The molecule has 2 heterocycles. The van der Waals surface area contributed by atoms with Gasteiger partial charge in [0, 0.05) is 11.6 Å². The lowest BCUT2D eigenvalue weighted by atomic mass is 9.99. The summed E-state index contributed by atoms with van der Waals surface area (Å²) >= 11 is 0. The number of rotatable bonds is 2. The lowest BCUT2D eigenvalue weighted by Crippen LogP contribution is -2.63. The molecule has 0 aliphatic carbocycles. The topological polar surface area (TPSA) is 62.3 Å². The van der Waals surface area contributed by atoms with Crippen molar-refractivity contribution in [3.05, 3.63) is 42.1 Å². The van der Waals surface area contributed by atoms with Crippen molar-refractivity contribution in [3.63, 3.8) is 0 Å². The van der Waals surface area contributed by atoms with E-state index in [2.05, 4.69) is 10.3 Å². The Balaban J connectivity index is 1.98. The van der Waals surface area contributed by atoms with Gasteiger partial charge in [0.15, 0.2) is 0 Å². The van der Waals surface area contributed by atoms with E-state index in [0.29, 0.717) is 0 Å². The molecule has 0 unspecified atom stereocenters. The molecule has 21 heavy (non-hydrogen) atoms. The smallest absolute Gasteiger partial charge is 0.249 e. The second kappa shape index (κ2) is 4.93. The molecule has 1 aliphatic heterocycles. The van der Waals surface area contributed by atoms with E-state index in [1.54, 1.807) is 20.0 Å². The molecule has 2 aromatic rings. The van der Waals surface area contributed by atoms with Crippen LogP contribution in [0.1, 0.15) is 19.4 Å². The molecule has 2 amide bonds.